The van der Waals surface area contributed by atoms with Crippen LogP contribution in [0, 0.1) is 0 Å². The molecule has 0 radical (unpaired) electrons. The van der Waals surface area contributed by atoms with Crippen molar-refractivity contribution in [1.82, 2.24) is 5.32 Å². The van der Waals surface area contributed by atoms with Crippen LogP contribution in [0.5, 0.6) is 0 Å². The Labute approximate surface area is 102 Å². The fourth-order valence-electron chi connectivity index (χ4n) is 1.43. The molecule has 1 atom stereocenters. The summed E-state index contributed by atoms with van der Waals surface area (Å²) in [6, 6.07) is 10.3. The van der Waals surface area contributed by atoms with Crippen molar-refractivity contribution >= 4 is 23.0 Å². The van der Waals surface area contributed by atoms with E-state index >= 15 is 0 Å². The molecule has 16 heavy (non-hydrogen) atoms. The van der Waals surface area contributed by atoms with Gasteiger partial charge in [0.05, 0.1) is 4.99 Å². The number of hydrogen-bond acceptors (Lipinski definition) is 2. The van der Waals surface area contributed by atoms with E-state index in [4.69, 9.17) is 12.2 Å². The highest BCUT2D eigenvalue weighted by Gasteiger charge is 2.06. The van der Waals surface area contributed by atoms with Gasteiger partial charge in [-0.15, -0.1) is 0 Å². The normalized spacial score (nSPS) is 11.9. The number of Topliss-reactive ketones (excluding diaryl/α,β-unsaturated/α-hetero) is 1. The number of carbonyl (C=O) groups is 1. The fourth-order valence-corrected chi connectivity index (χ4v) is 1.71. The van der Waals surface area contributed by atoms with E-state index in [2.05, 4.69) is 24.4 Å². The van der Waals surface area contributed by atoms with Crippen molar-refractivity contribution in [2.24, 2.45) is 0 Å². The summed E-state index contributed by atoms with van der Waals surface area (Å²) >= 11 is 5.19. The van der Waals surface area contributed by atoms with Crippen molar-refractivity contribution in [1.29, 1.82) is 0 Å². The third kappa shape index (κ3) is 4.53. The van der Waals surface area contributed by atoms with Gasteiger partial charge in [-0.1, -0.05) is 42.5 Å². The van der Waals surface area contributed by atoms with E-state index in [1.807, 2.05) is 18.2 Å². The molecule has 1 N–H and O–H groups in total. The van der Waals surface area contributed by atoms with Crippen molar-refractivity contribution in [2.75, 3.05) is 0 Å². The van der Waals surface area contributed by atoms with Crippen molar-refractivity contribution in [3.63, 3.8) is 0 Å². The maximum absolute atomic E-state index is 10.8. The first-order valence-corrected chi connectivity index (χ1v) is 5.84. The Morgan fingerprint density at radius 2 is 1.94 bits per heavy atom. The van der Waals surface area contributed by atoms with Gasteiger partial charge in [0, 0.05) is 18.9 Å². The lowest BCUT2D eigenvalue weighted by atomic mass is 10.1. The van der Waals surface area contributed by atoms with Gasteiger partial charge in [-0.3, -0.25) is 0 Å². The molecule has 0 heterocycles. The Hall–Kier alpha value is -1.22. The zero-order valence-corrected chi connectivity index (χ0v) is 10.5. The van der Waals surface area contributed by atoms with Gasteiger partial charge in [0.15, 0.2) is 0 Å². The zero-order valence-electron chi connectivity index (χ0n) is 9.69. The van der Waals surface area contributed by atoms with Gasteiger partial charge in [-0.2, -0.15) is 0 Å². The number of nitrogens with one attached hydrogen (secondary N) is 1. The minimum Gasteiger partial charge on any atom is -0.373 e. The molecule has 0 amide bonds. The van der Waals surface area contributed by atoms with Crippen LogP contribution in [0.2, 0.25) is 0 Å². The van der Waals surface area contributed by atoms with E-state index in [0.29, 0.717) is 12.8 Å². The van der Waals surface area contributed by atoms with E-state index in [0.717, 1.165) is 4.99 Å². The van der Waals surface area contributed by atoms with Gasteiger partial charge < -0.3 is 10.1 Å². The molecule has 3 heteroatoms. The van der Waals surface area contributed by atoms with E-state index in [-0.39, 0.29) is 11.8 Å². The summed E-state index contributed by atoms with van der Waals surface area (Å²) in [6.07, 6.45) is 1.16. The zero-order chi connectivity index (χ0) is 12.0. The Bertz CT molecular complexity index is 361. The highest BCUT2D eigenvalue weighted by Crippen LogP contribution is 2.11. The summed E-state index contributed by atoms with van der Waals surface area (Å²) in [5.41, 5.74) is 1.20. The van der Waals surface area contributed by atoms with E-state index in [9.17, 15) is 4.79 Å². The molecule has 1 aromatic carbocycles. The Kier molecular flexibility index (Phi) is 5.12. The molecule has 1 rings (SSSR count). The topological polar surface area (TPSA) is 29.1 Å². The number of carbonyl (C=O) groups excluding carboxylic acids is 1. The van der Waals surface area contributed by atoms with Crippen LogP contribution in [0.3, 0.4) is 0 Å². The van der Waals surface area contributed by atoms with Crippen LogP contribution in [0.25, 0.3) is 0 Å². The van der Waals surface area contributed by atoms with Crippen molar-refractivity contribution in [3.8, 4) is 0 Å². The van der Waals surface area contributed by atoms with Crippen LogP contribution < -0.4 is 5.32 Å². The van der Waals surface area contributed by atoms with E-state index in [1.54, 1.807) is 6.92 Å². The molecule has 1 unspecified atom stereocenters. The highest BCUT2D eigenvalue weighted by molar-refractivity contribution is 7.80. The summed E-state index contributed by atoms with van der Waals surface area (Å²) in [4.78, 5) is 11.6. The maximum Gasteiger partial charge on any atom is 0.130 e. The predicted octanol–water partition coefficient (Wildman–Crippen LogP) is 3.03. The van der Waals surface area contributed by atoms with E-state index in [1.165, 1.54) is 5.56 Å². The second kappa shape index (κ2) is 6.38. The monoisotopic (exact) mass is 235 g/mol. The second-order valence-corrected chi connectivity index (χ2v) is 4.39. The highest BCUT2D eigenvalue weighted by atomic mass is 32.1. The summed E-state index contributed by atoms with van der Waals surface area (Å²) in [5, 5.41) is 3.23. The van der Waals surface area contributed by atoms with Crippen LogP contribution in [-0.4, -0.2) is 10.8 Å². The van der Waals surface area contributed by atoms with Crippen LogP contribution in [-0.2, 0) is 4.79 Å². The number of hydrogen-bond donors (Lipinski definition) is 1. The Morgan fingerprint density at radius 3 is 2.50 bits per heavy atom. The standard InChI is InChI=1S/C13H17NOS/c1-10(15)8-9-13(16)14-11(2)12-6-4-3-5-7-12/h3-7,11H,8-9H2,1-2H3,(H,14,16). The van der Waals surface area contributed by atoms with Gasteiger partial charge in [0.25, 0.3) is 0 Å². The molecule has 1 aromatic rings. The number of thiocarbonyl (C=S) groups is 1. The molecule has 0 fully saturated rings. The van der Waals surface area contributed by atoms with Crippen molar-refractivity contribution in [2.45, 2.75) is 32.7 Å². The lowest BCUT2D eigenvalue weighted by Crippen LogP contribution is -2.25. The van der Waals surface area contributed by atoms with Gasteiger partial charge >= 0.3 is 0 Å². The van der Waals surface area contributed by atoms with Crippen molar-refractivity contribution < 1.29 is 4.79 Å². The third-order valence-corrected chi connectivity index (χ3v) is 2.70. The summed E-state index contributed by atoms with van der Waals surface area (Å²) in [6.45, 7) is 3.65. The van der Waals surface area contributed by atoms with Crippen LogP contribution in [0.4, 0.5) is 0 Å². The first-order chi connectivity index (χ1) is 7.59. The molecule has 0 spiro atoms. The lowest BCUT2D eigenvalue weighted by Gasteiger charge is -2.15. The van der Waals surface area contributed by atoms with Crippen molar-refractivity contribution in [3.05, 3.63) is 35.9 Å². The molecule has 0 bridgehead atoms. The Morgan fingerprint density at radius 1 is 1.31 bits per heavy atom. The average molecular weight is 235 g/mol. The quantitative estimate of drug-likeness (QED) is 0.795. The van der Waals surface area contributed by atoms with Crippen LogP contribution in [0.1, 0.15) is 38.3 Å². The molecular formula is C13H17NOS. The fraction of sp³-hybridized carbons (Fsp3) is 0.385. The van der Waals surface area contributed by atoms with Gasteiger partial charge in [0.1, 0.15) is 5.78 Å². The average Bonchev–Trinajstić information content (AvgIpc) is 2.27. The molecule has 0 saturated heterocycles. The summed E-state index contributed by atoms with van der Waals surface area (Å²) in [7, 11) is 0. The number of rotatable bonds is 5. The predicted molar refractivity (Wildman–Crippen MR) is 70.5 cm³/mol. The number of ketones is 1. The van der Waals surface area contributed by atoms with Gasteiger partial charge in [-0.05, 0) is 19.4 Å². The van der Waals surface area contributed by atoms with E-state index < -0.39 is 0 Å². The molecule has 86 valence electrons. The smallest absolute Gasteiger partial charge is 0.130 e. The van der Waals surface area contributed by atoms with Crippen LogP contribution >= 0.6 is 12.2 Å². The number of benzene rings is 1. The minimum absolute atomic E-state index is 0.177. The van der Waals surface area contributed by atoms with Crippen LogP contribution in [0.15, 0.2) is 30.3 Å². The molecule has 2 nitrogen and oxygen atoms in total. The molecular weight excluding hydrogens is 218 g/mol. The first kappa shape index (κ1) is 12.8. The first-order valence-electron chi connectivity index (χ1n) is 5.43. The summed E-state index contributed by atoms with van der Waals surface area (Å²) in [5.74, 6) is 0.177. The Balaban J connectivity index is 2.43. The third-order valence-electron chi connectivity index (χ3n) is 2.38. The molecule has 0 aliphatic heterocycles. The van der Waals surface area contributed by atoms with Gasteiger partial charge in [-0.25, -0.2) is 0 Å². The lowest BCUT2D eigenvalue weighted by molar-refractivity contribution is -0.116. The molecule has 0 aliphatic rings. The molecule has 0 aliphatic carbocycles. The second-order valence-electron chi connectivity index (χ2n) is 3.90. The maximum atomic E-state index is 10.8. The molecule has 0 saturated carbocycles. The largest absolute Gasteiger partial charge is 0.373 e. The minimum atomic E-state index is 0.177. The molecule has 0 aromatic heterocycles. The van der Waals surface area contributed by atoms with Gasteiger partial charge in [0.2, 0.25) is 0 Å². The SMILES string of the molecule is CC(=O)CCC(=S)NC(C)c1ccccc1. The summed E-state index contributed by atoms with van der Waals surface area (Å²) < 4.78 is 0.